The molecule has 0 aliphatic carbocycles. The lowest BCUT2D eigenvalue weighted by atomic mass is 10.1. The molecule has 1 heterocycles. The lowest BCUT2D eigenvalue weighted by molar-refractivity contribution is -0.130. The molecule has 23 heavy (non-hydrogen) atoms. The number of rotatable bonds is 5. The molecule has 0 aromatic heterocycles. The zero-order valence-corrected chi connectivity index (χ0v) is 15.4. The van der Waals surface area contributed by atoms with E-state index in [0.29, 0.717) is 17.9 Å². The summed E-state index contributed by atoms with van der Waals surface area (Å²) in [7, 11) is 0. The molecule has 5 nitrogen and oxygen atoms in total. The number of halogens is 1. The Morgan fingerprint density at radius 1 is 1.43 bits per heavy atom. The highest BCUT2D eigenvalue weighted by Gasteiger charge is 2.37. The molecule has 126 valence electrons. The maximum atomic E-state index is 12.5. The van der Waals surface area contributed by atoms with Crippen LogP contribution in [0.3, 0.4) is 0 Å². The molecule has 1 aromatic rings. The van der Waals surface area contributed by atoms with Gasteiger partial charge in [0, 0.05) is 23.5 Å². The Morgan fingerprint density at radius 2 is 2.09 bits per heavy atom. The van der Waals surface area contributed by atoms with Gasteiger partial charge in [-0.3, -0.25) is 9.59 Å². The first-order valence-electron chi connectivity index (χ1n) is 8.03. The van der Waals surface area contributed by atoms with Crippen LogP contribution < -0.4 is 11.1 Å². The van der Waals surface area contributed by atoms with Crippen molar-refractivity contribution in [3.05, 3.63) is 22.2 Å². The number of anilines is 2. The number of carbonyl (C=O) groups excluding carboxylic acids is 2. The Morgan fingerprint density at radius 3 is 2.70 bits per heavy atom. The highest BCUT2D eigenvalue weighted by Crippen LogP contribution is 2.29. The van der Waals surface area contributed by atoms with Crippen LogP contribution in [-0.4, -0.2) is 29.3 Å². The van der Waals surface area contributed by atoms with Gasteiger partial charge in [0.05, 0.1) is 17.3 Å². The molecule has 1 atom stereocenters. The minimum Gasteiger partial charge on any atom is -0.397 e. The van der Waals surface area contributed by atoms with Crippen molar-refractivity contribution in [2.75, 3.05) is 17.6 Å². The number of amides is 2. The molecule has 0 radical (unpaired) electrons. The highest BCUT2D eigenvalue weighted by atomic mass is 79.9. The van der Waals surface area contributed by atoms with Gasteiger partial charge in [0.1, 0.15) is 0 Å². The van der Waals surface area contributed by atoms with Gasteiger partial charge in [-0.15, -0.1) is 0 Å². The summed E-state index contributed by atoms with van der Waals surface area (Å²) in [6.07, 6.45) is 2.10. The number of likely N-dealkylation sites (tertiary alicyclic amines) is 1. The Hall–Kier alpha value is -1.56. The Bertz CT molecular complexity index is 614. The second-order valence-corrected chi connectivity index (χ2v) is 7.01. The Kier molecular flexibility index (Phi) is 5.68. The number of hydrogen-bond acceptors (Lipinski definition) is 3. The molecule has 0 spiro atoms. The summed E-state index contributed by atoms with van der Waals surface area (Å²) < 4.78 is 0.862. The van der Waals surface area contributed by atoms with E-state index in [-0.39, 0.29) is 30.2 Å². The van der Waals surface area contributed by atoms with E-state index in [9.17, 15) is 9.59 Å². The van der Waals surface area contributed by atoms with Crippen LogP contribution in [-0.2, 0) is 9.59 Å². The van der Waals surface area contributed by atoms with Gasteiger partial charge in [0.2, 0.25) is 11.8 Å². The van der Waals surface area contributed by atoms with E-state index in [1.807, 2.05) is 17.9 Å². The van der Waals surface area contributed by atoms with Crippen LogP contribution in [0.25, 0.3) is 0 Å². The molecule has 2 amide bonds. The van der Waals surface area contributed by atoms with E-state index in [1.54, 1.807) is 6.07 Å². The molecule has 0 bridgehead atoms. The van der Waals surface area contributed by atoms with Crippen LogP contribution in [0.1, 0.15) is 38.7 Å². The lowest BCUT2D eigenvalue weighted by Crippen LogP contribution is -2.36. The van der Waals surface area contributed by atoms with E-state index in [0.717, 1.165) is 22.9 Å². The van der Waals surface area contributed by atoms with Crippen LogP contribution in [0.15, 0.2) is 16.6 Å². The summed E-state index contributed by atoms with van der Waals surface area (Å²) in [6, 6.07) is 3.91. The molecule has 2 rings (SSSR count). The molecule has 1 saturated heterocycles. The standard InChI is InChI=1S/C17H24BrN3O2/c1-4-13(5-2)21-9-11(7-15(21)22)17(23)20-14-8-12(18)6-10(3)16(14)19/h6,8,11,13H,4-5,7,9,19H2,1-3H3,(H,20,23). The van der Waals surface area contributed by atoms with Gasteiger partial charge in [-0.05, 0) is 37.5 Å². The third kappa shape index (κ3) is 3.86. The van der Waals surface area contributed by atoms with Crippen molar-refractivity contribution in [1.29, 1.82) is 0 Å². The molecule has 6 heteroatoms. The zero-order valence-electron chi connectivity index (χ0n) is 13.9. The van der Waals surface area contributed by atoms with Crippen molar-refractivity contribution in [2.45, 2.75) is 46.1 Å². The van der Waals surface area contributed by atoms with Gasteiger partial charge in [-0.2, -0.15) is 0 Å². The van der Waals surface area contributed by atoms with Gasteiger partial charge < -0.3 is 16.0 Å². The van der Waals surface area contributed by atoms with Crippen molar-refractivity contribution in [3.63, 3.8) is 0 Å². The fourth-order valence-electron chi connectivity index (χ4n) is 3.08. The number of nitrogen functional groups attached to an aromatic ring is 1. The summed E-state index contributed by atoms with van der Waals surface area (Å²) in [5.41, 5.74) is 8.08. The molecule has 1 unspecified atom stereocenters. The maximum absolute atomic E-state index is 12.5. The molecule has 1 fully saturated rings. The first-order valence-corrected chi connectivity index (χ1v) is 8.82. The lowest BCUT2D eigenvalue weighted by Gasteiger charge is -2.26. The smallest absolute Gasteiger partial charge is 0.229 e. The predicted molar refractivity (Wildman–Crippen MR) is 96.1 cm³/mol. The molecule has 0 saturated carbocycles. The molecular formula is C17H24BrN3O2. The third-order valence-electron chi connectivity index (χ3n) is 4.52. The van der Waals surface area contributed by atoms with Crippen molar-refractivity contribution < 1.29 is 9.59 Å². The Balaban J connectivity index is 2.09. The van der Waals surface area contributed by atoms with E-state index < -0.39 is 0 Å². The summed E-state index contributed by atoms with van der Waals surface area (Å²) >= 11 is 3.41. The minimum absolute atomic E-state index is 0.0669. The van der Waals surface area contributed by atoms with E-state index in [2.05, 4.69) is 35.1 Å². The summed E-state index contributed by atoms with van der Waals surface area (Å²) in [5, 5.41) is 2.88. The topological polar surface area (TPSA) is 75.4 Å². The van der Waals surface area contributed by atoms with Crippen LogP contribution in [0, 0.1) is 12.8 Å². The maximum Gasteiger partial charge on any atom is 0.229 e. The van der Waals surface area contributed by atoms with Gasteiger partial charge >= 0.3 is 0 Å². The Labute approximate surface area is 145 Å². The van der Waals surface area contributed by atoms with E-state index >= 15 is 0 Å². The summed E-state index contributed by atoms with van der Waals surface area (Å²) in [6.45, 7) is 6.52. The fraction of sp³-hybridized carbons (Fsp3) is 0.529. The number of nitrogens with one attached hydrogen (secondary N) is 1. The first kappa shape index (κ1) is 17.8. The second kappa shape index (κ2) is 7.34. The van der Waals surface area contributed by atoms with Crippen molar-refractivity contribution in [2.24, 2.45) is 5.92 Å². The summed E-state index contributed by atoms with van der Waals surface area (Å²) in [4.78, 5) is 26.6. The molecule has 1 aromatic carbocycles. The monoisotopic (exact) mass is 381 g/mol. The average molecular weight is 382 g/mol. The first-order chi connectivity index (χ1) is 10.9. The van der Waals surface area contributed by atoms with Crippen molar-refractivity contribution in [3.8, 4) is 0 Å². The minimum atomic E-state index is -0.318. The van der Waals surface area contributed by atoms with Crippen LogP contribution >= 0.6 is 15.9 Å². The van der Waals surface area contributed by atoms with Crippen LogP contribution in [0.2, 0.25) is 0 Å². The van der Waals surface area contributed by atoms with Crippen LogP contribution in [0.4, 0.5) is 11.4 Å². The van der Waals surface area contributed by atoms with Gasteiger partial charge in [0.25, 0.3) is 0 Å². The van der Waals surface area contributed by atoms with Crippen molar-refractivity contribution in [1.82, 2.24) is 4.90 Å². The van der Waals surface area contributed by atoms with Crippen molar-refractivity contribution >= 4 is 39.1 Å². The number of carbonyl (C=O) groups is 2. The second-order valence-electron chi connectivity index (χ2n) is 6.09. The highest BCUT2D eigenvalue weighted by molar-refractivity contribution is 9.10. The largest absolute Gasteiger partial charge is 0.397 e. The molecule has 1 aliphatic heterocycles. The number of benzene rings is 1. The normalized spacial score (nSPS) is 17.9. The number of nitrogens with zero attached hydrogens (tertiary/aromatic N) is 1. The summed E-state index contributed by atoms with van der Waals surface area (Å²) in [5.74, 6) is -0.393. The van der Waals surface area contributed by atoms with Gasteiger partial charge in [0.15, 0.2) is 0 Å². The van der Waals surface area contributed by atoms with E-state index in [1.165, 1.54) is 0 Å². The predicted octanol–water partition coefficient (Wildman–Crippen LogP) is 3.32. The number of aryl methyl sites for hydroxylation is 1. The number of nitrogens with two attached hydrogens (primary N) is 1. The fourth-order valence-corrected chi connectivity index (χ4v) is 3.65. The number of hydrogen-bond donors (Lipinski definition) is 2. The molecule has 1 aliphatic rings. The average Bonchev–Trinajstić information content (AvgIpc) is 2.88. The van der Waals surface area contributed by atoms with Gasteiger partial charge in [-0.1, -0.05) is 29.8 Å². The SMILES string of the molecule is CCC(CC)N1CC(C(=O)Nc2cc(Br)cc(C)c2N)CC1=O. The third-order valence-corrected chi connectivity index (χ3v) is 4.98. The van der Waals surface area contributed by atoms with E-state index in [4.69, 9.17) is 5.73 Å². The van der Waals surface area contributed by atoms with Gasteiger partial charge in [-0.25, -0.2) is 0 Å². The quantitative estimate of drug-likeness (QED) is 0.768. The zero-order chi connectivity index (χ0) is 17.1. The molecule has 3 N–H and O–H groups in total. The van der Waals surface area contributed by atoms with Crippen LogP contribution in [0.5, 0.6) is 0 Å². The molecular weight excluding hydrogens is 358 g/mol.